The minimum atomic E-state index is -0.633. The zero-order valence-electron chi connectivity index (χ0n) is 11.6. The molecule has 1 unspecified atom stereocenters. The molecule has 1 rings (SSSR count). The summed E-state index contributed by atoms with van der Waals surface area (Å²) in [6.07, 6.45) is 0. The van der Waals surface area contributed by atoms with Crippen molar-refractivity contribution in [3.63, 3.8) is 0 Å². The fourth-order valence-electron chi connectivity index (χ4n) is 1.70. The fraction of sp³-hybridized carbons (Fsp3) is 0.500. The van der Waals surface area contributed by atoms with Crippen molar-refractivity contribution in [3.8, 4) is 0 Å². The van der Waals surface area contributed by atoms with Crippen LogP contribution in [0.4, 0.5) is 0 Å². The van der Waals surface area contributed by atoms with Gasteiger partial charge in [-0.25, -0.2) is 0 Å². The minimum absolute atomic E-state index is 0.187. The van der Waals surface area contributed by atoms with Crippen molar-refractivity contribution in [1.29, 1.82) is 0 Å². The van der Waals surface area contributed by atoms with Crippen LogP contribution in [-0.4, -0.2) is 32.2 Å². The number of nitrogens with one attached hydrogen (secondary N) is 1. The van der Waals surface area contributed by atoms with Gasteiger partial charge in [0.1, 0.15) is 6.04 Å². The maximum atomic E-state index is 11.7. The van der Waals surface area contributed by atoms with E-state index in [1.807, 2.05) is 24.3 Å². The van der Waals surface area contributed by atoms with E-state index in [0.717, 1.165) is 5.56 Å². The molecule has 4 nitrogen and oxygen atoms in total. The van der Waals surface area contributed by atoms with Crippen molar-refractivity contribution >= 4 is 17.5 Å². The summed E-state index contributed by atoms with van der Waals surface area (Å²) in [5.41, 5.74) is 6.58. The normalized spacial score (nSPS) is 13.1. The second-order valence-electron chi connectivity index (χ2n) is 5.17. The molecule has 1 amide bonds. The molecule has 0 spiro atoms. The third-order valence-electron chi connectivity index (χ3n) is 3.01. The van der Waals surface area contributed by atoms with Gasteiger partial charge in [-0.2, -0.15) is 0 Å². The van der Waals surface area contributed by atoms with Crippen LogP contribution in [0, 0.1) is 0 Å². The number of carbonyl (C=O) groups is 1. The van der Waals surface area contributed by atoms with Gasteiger partial charge >= 0.3 is 0 Å². The van der Waals surface area contributed by atoms with Crippen molar-refractivity contribution in [3.05, 3.63) is 34.9 Å². The standard InChI is InChI=1S/C14H21ClN2O2/c1-14(2,10-4-6-11(15)7-5-10)9-17-13(18)12(16)8-19-3/h4-7,12H,8-9,16H2,1-3H3,(H,17,18). The molecule has 0 saturated heterocycles. The van der Waals surface area contributed by atoms with E-state index in [-0.39, 0.29) is 17.9 Å². The van der Waals surface area contributed by atoms with Gasteiger partial charge in [-0.1, -0.05) is 37.6 Å². The van der Waals surface area contributed by atoms with Crippen LogP contribution in [0.3, 0.4) is 0 Å². The van der Waals surface area contributed by atoms with Crippen LogP contribution in [0.2, 0.25) is 5.02 Å². The molecular weight excluding hydrogens is 264 g/mol. The summed E-state index contributed by atoms with van der Waals surface area (Å²) in [4.78, 5) is 11.7. The summed E-state index contributed by atoms with van der Waals surface area (Å²) >= 11 is 5.87. The van der Waals surface area contributed by atoms with E-state index in [1.54, 1.807) is 0 Å². The highest BCUT2D eigenvalue weighted by Gasteiger charge is 2.22. The zero-order valence-corrected chi connectivity index (χ0v) is 12.3. The number of hydrogen-bond acceptors (Lipinski definition) is 3. The molecule has 19 heavy (non-hydrogen) atoms. The van der Waals surface area contributed by atoms with Crippen LogP contribution in [-0.2, 0) is 14.9 Å². The van der Waals surface area contributed by atoms with Crippen molar-refractivity contribution in [2.45, 2.75) is 25.3 Å². The van der Waals surface area contributed by atoms with Crippen LogP contribution in [0.1, 0.15) is 19.4 Å². The lowest BCUT2D eigenvalue weighted by Crippen LogP contribution is -2.47. The number of rotatable bonds is 6. The SMILES string of the molecule is COCC(N)C(=O)NCC(C)(C)c1ccc(Cl)cc1. The average molecular weight is 285 g/mol. The maximum Gasteiger partial charge on any atom is 0.239 e. The number of hydrogen-bond donors (Lipinski definition) is 2. The molecule has 0 radical (unpaired) electrons. The van der Waals surface area contributed by atoms with Gasteiger partial charge in [0.25, 0.3) is 0 Å². The van der Waals surface area contributed by atoms with Crippen molar-refractivity contribution in [1.82, 2.24) is 5.32 Å². The smallest absolute Gasteiger partial charge is 0.239 e. The topological polar surface area (TPSA) is 64.3 Å². The predicted molar refractivity (Wildman–Crippen MR) is 77.3 cm³/mol. The third-order valence-corrected chi connectivity index (χ3v) is 3.27. The third kappa shape index (κ3) is 4.82. The molecule has 0 aliphatic rings. The number of nitrogens with two attached hydrogens (primary N) is 1. The first-order valence-electron chi connectivity index (χ1n) is 6.15. The summed E-state index contributed by atoms with van der Waals surface area (Å²) in [6, 6.07) is 6.98. The molecule has 3 N–H and O–H groups in total. The van der Waals surface area contributed by atoms with Crippen molar-refractivity contribution in [2.75, 3.05) is 20.3 Å². The molecule has 106 valence electrons. The Bertz CT molecular complexity index is 418. The highest BCUT2D eigenvalue weighted by Crippen LogP contribution is 2.23. The van der Waals surface area contributed by atoms with E-state index in [0.29, 0.717) is 11.6 Å². The number of halogens is 1. The van der Waals surface area contributed by atoms with Crippen molar-refractivity contribution in [2.24, 2.45) is 5.73 Å². The molecular formula is C14H21ClN2O2. The fourth-order valence-corrected chi connectivity index (χ4v) is 1.82. The number of benzene rings is 1. The molecule has 1 aromatic rings. The predicted octanol–water partition coefficient (Wildman–Crippen LogP) is 1.71. The summed E-state index contributed by atoms with van der Waals surface area (Å²) < 4.78 is 4.85. The number of methoxy groups -OCH3 is 1. The van der Waals surface area contributed by atoms with Gasteiger partial charge in [-0.3, -0.25) is 4.79 Å². The molecule has 0 aromatic heterocycles. The first kappa shape index (κ1) is 16.0. The van der Waals surface area contributed by atoms with E-state index in [2.05, 4.69) is 19.2 Å². The quantitative estimate of drug-likeness (QED) is 0.836. The Balaban J connectivity index is 2.60. The number of amides is 1. The molecule has 0 saturated carbocycles. The van der Waals surface area contributed by atoms with Gasteiger partial charge in [0.2, 0.25) is 5.91 Å². The maximum absolute atomic E-state index is 11.7. The van der Waals surface area contributed by atoms with Gasteiger partial charge in [0.05, 0.1) is 6.61 Å². The molecule has 0 aliphatic carbocycles. The Morgan fingerprint density at radius 3 is 2.53 bits per heavy atom. The Labute approximate surface area is 119 Å². The van der Waals surface area contributed by atoms with E-state index in [1.165, 1.54) is 7.11 Å². The van der Waals surface area contributed by atoms with Crippen LogP contribution < -0.4 is 11.1 Å². The van der Waals surface area contributed by atoms with E-state index >= 15 is 0 Å². The highest BCUT2D eigenvalue weighted by atomic mass is 35.5. The molecule has 0 aliphatic heterocycles. The second-order valence-corrected chi connectivity index (χ2v) is 5.61. The van der Waals surface area contributed by atoms with E-state index < -0.39 is 6.04 Å². The molecule has 0 bridgehead atoms. The van der Waals surface area contributed by atoms with Crippen LogP contribution >= 0.6 is 11.6 Å². The van der Waals surface area contributed by atoms with Gasteiger partial charge in [-0.15, -0.1) is 0 Å². The lowest BCUT2D eigenvalue weighted by atomic mass is 9.84. The van der Waals surface area contributed by atoms with Crippen LogP contribution in [0.25, 0.3) is 0 Å². The van der Waals surface area contributed by atoms with Crippen molar-refractivity contribution < 1.29 is 9.53 Å². The summed E-state index contributed by atoms with van der Waals surface area (Å²) in [7, 11) is 1.52. The average Bonchev–Trinajstić information content (AvgIpc) is 2.37. The second kappa shape index (κ2) is 6.89. The molecule has 5 heteroatoms. The lowest BCUT2D eigenvalue weighted by molar-refractivity contribution is -0.123. The van der Waals surface area contributed by atoms with E-state index in [9.17, 15) is 4.79 Å². The lowest BCUT2D eigenvalue weighted by Gasteiger charge is -2.26. The minimum Gasteiger partial charge on any atom is -0.383 e. The van der Waals surface area contributed by atoms with Gasteiger partial charge < -0.3 is 15.8 Å². The highest BCUT2D eigenvalue weighted by molar-refractivity contribution is 6.30. The van der Waals surface area contributed by atoms with E-state index in [4.69, 9.17) is 22.1 Å². The summed E-state index contributed by atoms with van der Waals surface area (Å²) in [5, 5.41) is 3.54. The van der Waals surface area contributed by atoms with Gasteiger partial charge in [0, 0.05) is 24.1 Å². The monoisotopic (exact) mass is 284 g/mol. The summed E-state index contributed by atoms with van der Waals surface area (Å²) in [5.74, 6) is -0.205. The molecule has 0 fully saturated rings. The summed E-state index contributed by atoms with van der Waals surface area (Å²) in [6.45, 7) is 4.83. The largest absolute Gasteiger partial charge is 0.383 e. The molecule has 1 aromatic carbocycles. The van der Waals surface area contributed by atoms with Crippen LogP contribution in [0.5, 0.6) is 0 Å². The Hall–Kier alpha value is -1.10. The van der Waals surface area contributed by atoms with Gasteiger partial charge in [0.15, 0.2) is 0 Å². The molecule has 1 atom stereocenters. The first-order chi connectivity index (χ1) is 8.86. The Morgan fingerprint density at radius 1 is 1.42 bits per heavy atom. The Morgan fingerprint density at radius 2 is 2.00 bits per heavy atom. The Kier molecular flexibility index (Phi) is 5.79. The number of ether oxygens (including phenoxy) is 1. The zero-order chi connectivity index (χ0) is 14.5. The molecule has 0 heterocycles. The number of carbonyl (C=O) groups excluding carboxylic acids is 1. The van der Waals surface area contributed by atoms with Crippen LogP contribution in [0.15, 0.2) is 24.3 Å². The first-order valence-corrected chi connectivity index (χ1v) is 6.53. The van der Waals surface area contributed by atoms with Gasteiger partial charge in [-0.05, 0) is 17.7 Å².